The summed E-state index contributed by atoms with van der Waals surface area (Å²) in [5, 5.41) is 0. The number of hydrogen-bond acceptors (Lipinski definition) is 6. The minimum absolute atomic E-state index is 0.0839. The molecule has 166 valence electrons. The van der Waals surface area contributed by atoms with Crippen molar-refractivity contribution >= 4 is 11.9 Å². The zero-order chi connectivity index (χ0) is 22.2. The second-order valence-corrected chi connectivity index (χ2v) is 7.51. The molecule has 1 saturated heterocycles. The summed E-state index contributed by atoms with van der Waals surface area (Å²) in [6, 6.07) is 9.14. The topological polar surface area (TPSA) is 57.2 Å². The zero-order valence-corrected chi connectivity index (χ0v) is 18.8. The molecule has 6 heteroatoms. The van der Waals surface area contributed by atoms with E-state index in [9.17, 15) is 4.79 Å². The van der Waals surface area contributed by atoms with E-state index in [-0.39, 0.29) is 5.78 Å². The van der Waals surface area contributed by atoms with E-state index < -0.39 is 0 Å². The van der Waals surface area contributed by atoms with Crippen LogP contribution in [-0.2, 0) is 6.54 Å². The standard InChI is InChI=1S/C25H31NO5/c1-28-22-11-9-18(14-20(22)17-26-12-6-5-7-13-26)21(27)10-8-19-15-24(30-3)25(31-4)16-23(19)29-2/h8-11,14-16H,5-7,12-13,17H2,1-4H3/b10-8+. The zero-order valence-electron chi connectivity index (χ0n) is 18.8. The predicted octanol–water partition coefficient (Wildman–Crippen LogP) is 4.60. The van der Waals surface area contributed by atoms with Crippen molar-refractivity contribution < 1.29 is 23.7 Å². The van der Waals surface area contributed by atoms with Crippen molar-refractivity contribution in [3.05, 3.63) is 53.1 Å². The van der Waals surface area contributed by atoms with Crippen LogP contribution in [0.5, 0.6) is 23.0 Å². The van der Waals surface area contributed by atoms with Gasteiger partial charge in [0.05, 0.1) is 28.4 Å². The number of rotatable bonds is 9. The Hall–Kier alpha value is -2.99. The van der Waals surface area contributed by atoms with Gasteiger partial charge < -0.3 is 18.9 Å². The van der Waals surface area contributed by atoms with Crippen LogP contribution in [0.4, 0.5) is 0 Å². The van der Waals surface area contributed by atoms with E-state index in [2.05, 4.69) is 4.90 Å². The van der Waals surface area contributed by atoms with Crippen LogP contribution in [0.1, 0.15) is 40.7 Å². The number of hydrogen-bond donors (Lipinski definition) is 0. The Kier molecular flexibility index (Phi) is 7.95. The number of likely N-dealkylation sites (tertiary alicyclic amines) is 1. The summed E-state index contributed by atoms with van der Waals surface area (Å²) in [7, 11) is 6.39. The van der Waals surface area contributed by atoms with Gasteiger partial charge in [0.25, 0.3) is 0 Å². The van der Waals surface area contributed by atoms with E-state index in [1.807, 2.05) is 12.1 Å². The van der Waals surface area contributed by atoms with Gasteiger partial charge in [-0.15, -0.1) is 0 Å². The maximum Gasteiger partial charge on any atom is 0.185 e. The molecule has 0 radical (unpaired) electrons. The van der Waals surface area contributed by atoms with Crippen molar-refractivity contribution in [1.29, 1.82) is 0 Å². The van der Waals surface area contributed by atoms with Gasteiger partial charge >= 0.3 is 0 Å². The lowest BCUT2D eigenvalue weighted by atomic mass is 10.0. The molecule has 0 N–H and O–H groups in total. The molecule has 2 aromatic rings. The fraction of sp³-hybridized carbons (Fsp3) is 0.400. The molecule has 1 aliphatic rings. The second-order valence-electron chi connectivity index (χ2n) is 7.51. The molecule has 0 aliphatic carbocycles. The van der Waals surface area contributed by atoms with Gasteiger partial charge in [-0.05, 0) is 62.3 Å². The fourth-order valence-electron chi connectivity index (χ4n) is 3.86. The number of carbonyl (C=O) groups excluding carboxylic acids is 1. The fourth-order valence-corrected chi connectivity index (χ4v) is 3.86. The highest BCUT2D eigenvalue weighted by molar-refractivity contribution is 6.07. The highest BCUT2D eigenvalue weighted by Gasteiger charge is 2.15. The summed E-state index contributed by atoms with van der Waals surface area (Å²) in [6.45, 7) is 2.96. The Morgan fingerprint density at radius 2 is 1.48 bits per heavy atom. The van der Waals surface area contributed by atoms with Crippen LogP contribution in [0, 0.1) is 0 Å². The van der Waals surface area contributed by atoms with Crippen LogP contribution in [0.25, 0.3) is 6.08 Å². The average molecular weight is 426 g/mol. The lowest BCUT2D eigenvalue weighted by molar-refractivity contribution is 0.104. The Morgan fingerprint density at radius 1 is 0.839 bits per heavy atom. The summed E-state index contributed by atoms with van der Waals surface area (Å²) in [5.74, 6) is 2.47. The highest BCUT2D eigenvalue weighted by atomic mass is 16.5. The molecule has 1 heterocycles. The Balaban J connectivity index is 1.82. The number of benzene rings is 2. The number of ether oxygens (including phenoxy) is 4. The molecule has 0 bridgehead atoms. The summed E-state index contributed by atoms with van der Waals surface area (Å²) >= 11 is 0. The van der Waals surface area contributed by atoms with Crippen LogP contribution < -0.4 is 18.9 Å². The van der Waals surface area contributed by atoms with E-state index in [1.54, 1.807) is 58.8 Å². The summed E-state index contributed by atoms with van der Waals surface area (Å²) in [5.41, 5.74) is 2.39. The van der Waals surface area contributed by atoms with Gasteiger partial charge in [0.1, 0.15) is 11.5 Å². The molecule has 6 nitrogen and oxygen atoms in total. The molecular weight excluding hydrogens is 394 g/mol. The van der Waals surface area contributed by atoms with Crippen molar-refractivity contribution in [2.24, 2.45) is 0 Å². The lowest BCUT2D eigenvalue weighted by Crippen LogP contribution is -2.29. The van der Waals surface area contributed by atoms with Crippen molar-refractivity contribution in [3.8, 4) is 23.0 Å². The number of ketones is 1. The van der Waals surface area contributed by atoms with Crippen LogP contribution in [0.2, 0.25) is 0 Å². The summed E-state index contributed by atoms with van der Waals surface area (Å²) in [6.07, 6.45) is 7.01. The first-order valence-corrected chi connectivity index (χ1v) is 10.5. The number of nitrogens with zero attached hydrogens (tertiary/aromatic N) is 1. The van der Waals surface area contributed by atoms with Crippen molar-refractivity contribution in [2.75, 3.05) is 41.5 Å². The van der Waals surface area contributed by atoms with Gasteiger partial charge in [-0.2, -0.15) is 0 Å². The predicted molar refractivity (Wildman–Crippen MR) is 122 cm³/mol. The maximum atomic E-state index is 12.9. The monoisotopic (exact) mass is 425 g/mol. The molecule has 0 spiro atoms. The first-order valence-electron chi connectivity index (χ1n) is 10.5. The van der Waals surface area contributed by atoms with Gasteiger partial charge in [0, 0.05) is 29.3 Å². The Morgan fingerprint density at radius 3 is 2.13 bits per heavy atom. The van der Waals surface area contributed by atoms with Gasteiger partial charge in [-0.3, -0.25) is 9.69 Å². The molecule has 1 fully saturated rings. The van der Waals surface area contributed by atoms with E-state index >= 15 is 0 Å². The van der Waals surface area contributed by atoms with E-state index in [4.69, 9.17) is 18.9 Å². The normalized spacial score (nSPS) is 14.5. The minimum atomic E-state index is -0.0839. The smallest absolute Gasteiger partial charge is 0.185 e. The van der Waals surface area contributed by atoms with Crippen LogP contribution in [-0.4, -0.2) is 52.2 Å². The number of piperidine rings is 1. The lowest BCUT2D eigenvalue weighted by Gasteiger charge is -2.27. The van der Waals surface area contributed by atoms with Gasteiger partial charge in [0.2, 0.25) is 0 Å². The van der Waals surface area contributed by atoms with Gasteiger partial charge in [0.15, 0.2) is 17.3 Å². The molecule has 0 saturated carbocycles. The summed E-state index contributed by atoms with van der Waals surface area (Å²) in [4.78, 5) is 15.3. The van der Waals surface area contributed by atoms with Crippen LogP contribution in [0.15, 0.2) is 36.4 Å². The average Bonchev–Trinajstić information content (AvgIpc) is 2.82. The van der Waals surface area contributed by atoms with Crippen molar-refractivity contribution in [2.45, 2.75) is 25.8 Å². The first kappa shape index (κ1) is 22.7. The molecule has 31 heavy (non-hydrogen) atoms. The number of methoxy groups -OCH3 is 4. The van der Waals surface area contributed by atoms with E-state index in [0.29, 0.717) is 22.8 Å². The molecule has 3 rings (SSSR count). The molecule has 0 unspecified atom stereocenters. The molecular formula is C25H31NO5. The Bertz CT molecular complexity index is 932. The van der Waals surface area contributed by atoms with Crippen LogP contribution >= 0.6 is 0 Å². The SMILES string of the molecule is COc1cc(OC)c(OC)cc1/C=C/C(=O)c1ccc(OC)c(CN2CCCCC2)c1. The molecule has 2 aromatic carbocycles. The van der Waals surface area contributed by atoms with E-state index in [0.717, 1.165) is 36.5 Å². The molecule has 0 amide bonds. The second kappa shape index (κ2) is 10.9. The van der Waals surface area contributed by atoms with E-state index in [1.165, 1.54) is 19.3 Å². The van der Waals surface area contributed by atoms with Gasteiger partial charge in [-0.25, -0.2) is 0 Å². The molecule has 0 atom stereocenters. The van der Waals surface area contributed by atoms with Gasteiger partial charge in [-0.1, -0.05) is 6.42 Å². The third kappa shape index (κ3) is 5.58. The number of carbonyl (C=O) groups is 1. The molecule has 1 aliphatic heterocycles. The molecule has 0 aromatic heterocycles. The minimum Gasteiger partial charge on any atom is -0.496 e. The Labute approximate surface area is 184 Å². The summed E-state index contributed by atoms with van der Waals surface area (Å²) < 4.78 is 21.6. The van der Waals surface area contributed by atoms with Crippen molar-refractivity contribution in [1.82, 2.24) is 4.90 Å². The quantitative estimate of drug-likeness (QED) is 0.432. The maximum absolute atomic E-state index is 12.9. The third-order valence-electron chi connectivity index (χ3n) is 5.56. The third-order valence-corrected chi connectivity index (χ3v) is 5.56. The highest BCUT2D eigenvalue weighted by Crippen LogP contribution is 2.35. The van der Waals surface area contributed by atoms with Crippen LogP contribution in [0.3, 0.4) is 0 Å². The largest absolute Gasteiger partial charge is 0.496 e. The first-order chi connectivity index (χ1) is 15.1. The number of allylic oxidation sites excluding steroid dienone is 1. The van der Waals surface area contributed by atoms with Crippen molar-refractivity contribution in [3.63, 3.8) is 0 Å².